The summed E-state index contributed by atoms with van der Waals surface area (Å²) in [6, 6.07) is 9.54. The zero-order chi connectivity index (χ0) is 19.6. The lowest BCUT2D eigenvalue weighted by Gasteiger charge is -2.04. The van der Waals surface area contributed by atoms with Crippen LogP contribution in [0.25, 0.3) is 0 Å². The molecule has 0 aliphatic rings. The molecule has 0 bridgehead atoms. The van der Waals surface area contributed by atoms with Gasteiger partial charge in [-0.25, -0.2) is 4.98 Å². The number of hydrogen-bond donors (Lipinski definition) is 1. The standard InChI is InChI=1S/C18H13Cl2N3O3S/c1-10-2-3-11(7-16(10)20)6-13-9-21-18(27-13)22-17(24)14-8-12(23(25)26)4-5-15(14)19/h2-5,7-9H,6H2,1H3,(H,21,22,24). The molecule has 1 aromatic heterocycles. The van der Waals surface area contributed by atoms with E-state index in [1.807, 2.05) is 25.1 Å². The molecule has 9 heteroatoms. The molecule has 138 valence electrons. The quantitative estimate of drug-likeness (QED) is 0.434. The number of rotatable bonds is 5. The van der Waals surface area contributed by atoms with Gasteiger partial charge in [0.15, 0.2) is 5.13 Å². The van der Waals surface area contributed by atoms with Gasteiger partial charge in [-0.3, -0.25) is 20.2 Å². The molecule has 3 rings (SSSR count). The monoisotopic (exact) mass is 421 g/mol. The van der Waals surface area contributed by atoms with E-state index in [1.54, 1.807) is 6.20 Å². The number of halogens is 2. The second-order valence-corrected chi connectivity index (χ2v) is 7.70. The predicted molar refractivity (Wildman–Crippen MR) is 107 cm³/mol. The molecule has 0 spiro atoms. The van der Waals surface area contributed by atoms with Crippen molar-refractivity contribution in [2.24, 2.45) is 0 Å². The Morgan fingerprint density at radius 1 is 1.22 bits per heavy atom. The number of nitro benzene ring substituents is 1. The Morgan fingerprint density at radius 2 is 2.00 bits per heavy atom. The van der Waals surface area contributed by atoms with E-state index < -0.39 is 10.8 Å². The van der Waals surface area contributed by atoms with E-state index in [0.29, 0.717) is 16.6 Å². The fourth-order valence-electron chi connectivity index (χ4n) is 2.36. The van der Waals surface area contributed by atoms with E-state index >= 15 is 0 Å². The van der Waals surface area contributed by atoms with Gasteiger partial charge >= 0.3 is 0 Å². The zero-order valence-electron chi connectivity index (χ0n) is 14.0. The summed E-state index contributed by atoms with van der Waals surface area (Å²) in [5.41, 5.74) is 1.86. The first-order chi connectivity index (χ1) is 12.8. The molecular weight excluding hydrogens is 409 g/mol. The minimum atomic E-state index is -0.582. The summed E-state index contributed by atoms with van der Waals surface area (Å²) in [5.74, 6) is -0.553. The average molecular weight is 422 g/mol. The maximum atomic E-state index is 12.4. The first-order valence-electron chi connectivity index (χ1n) is 7.78. The second kappa shape index (κ2) is 8.04. The summed E-state index contributed by atoms with van der Waals surface area (Å²) < 4.78 is 0. The molecule has 0 aliphatic heterocycles. The molecule has 0 fully saturated rings. The van der Waals surface area contributed by atoms with Crippen LogP contribution in [0.15, 0.2) is 42.6 Å². The van der Waals surface area contributed by atoms with Crippen molar-refractivity contribution >= 4 is 51.3 Å². The topological polar surface area (TPSA) is 85.1 Å². The normalized spacial score (nSPS) is 10.6. The number of aromatic nitrogens is 1. The summed E-state index contributed by atoms with van der Waals surface area (Å²) in [4.78, 5) is 27.8. The first-order valence-corrected chi connectivity index (χ1v) is 9.36. The van der Waals surface area contributed by atoms with Crippen LogP contribution in [0.3, 0.4) is 0 Å². The van der Waals surface area contributed by atoms with Crippen molar-refractivity contribution in [2.75, 3.05) is 5.32 Å². The minimum absolute atomic E-state index is 0.0212. The number of aryl methyl sites for hydroxylation is 1. The average Bonchev–Trinajstić information content (AvgIpc) is 3.05. The van der Waals surface area contributed by atoms with Gasteiger partial charge in [0.05, 0.1) is 15.5 Å². The lowest BCUT2D eigenvalue weighted by Crippen LogP contribution is -2.12. The van der Waals surface area contributed by atoms with E-state index in [-0.39, 0.29) is 16.3 Å². The maximum Gasteiger partial charge on any atom is 0.270 e. The highest BCUT2D eigenvalue weighted by atomic mass is 35.5. The zero-order valence-corrected chi connectivity index (χ0v) is 16.4. The molecule has 6 nitrogen and oxygen atoms in total. The van der Waals surface area contributed by atoms with Crippen molar-refractivity contribution in [3.8, 4) is 0 Å². The summed E-state index contributed by atoms with van der Waals surface area (Å²) in [5, 5.41) is 14.7. The molecule has 27 heavy (non-hydrogen) atoms. The Kier molecular flexibility index (Phi) is 5.74. The van der Waals surface area contributed by atoms with Gasteiger partial charge in [-0.05, 0) is 30.2 Å². The van der Waals surface area contributed by atoms with Crippen LogP contribution in [-0.2, 0) is 6.42 Å². The Morgan fingerprint density at radius 3 is 2.70 bits per heavy atom. The minimum Gasteiger partial charge on any atom is -0.298 e. The molecule has 0 saturated heterocycles. The number of amides is 1. The Bertz CT molecular complexity index is 1040. The number of anilines is 1. The summed E-state index contributed by atoms with van der Waals surface area (Å²) in [6.07, 6.45) is 2.30. The summed E-state index contributed by atoms with van der Waals surface area (Å²) in [6.45, 7) is 1.94. The van der Waals surface area contributed by atoms with E-state index in [0.717, 1.165) is 22.1 Å². The van der Waals surface area contributed by atoms with Crippen molar-refractivity contribution < 1.29 is 9.72 Å². The van der Waals surface area contributed by atoms with Crippen LogP contribution in [-0.4, -0.2) is 15.8 Å². The van der Waals surface area contributed by atoms with E-state index in [1.165, 1.54) is 23.5 Å². The SMILES string of the molecule is Cc1ccc(Cc2cnc(NC(=O)c3cc([N+](=O)[O-])ccc3Cl)s2)cc1Cl. The van der Waals surface area contributed by atoms with Crippen molar-refractivity contribution in [3.05, 3.63) is 84.3 Å². The lowest BCUT2D eigenvalue weighted by molar-refractivity contribution is -0.384. The molecule has 2 aromatic carbocycles. The van der Waals surface area contributed by atoms with Crippen molar-refractivity contribution in [1.29, 1.82) is 0 Å². The van der Waals surface area contributed by atoms with Gasteiger partial charge in [0.25, 0.3) is 11.6 Å². The second-order valence-electron chi connectivity index (χ2n) is 5.77. The van der Waals surface area contributed by atoms with Crippen molar-refractivity contribution in [1.82, 2.24) is 4.98 Å². The fourth-order valence-corrected chi connectivity index (χ4v) is 3.61. The van der Waals surface area contributed by atoms with Gasteiger partial charge in [-0.1, -0.05) is 35.3 Å². The van der Waals surface area contributed by atoms with E-state index in [9.17, 15) is 14.9 Å². The molecule has 1 N–H and O–H groups in total. The van der Waals surface area contributed by atoms with Crippen LogP contribution >= 0.6 is 34.5 Å². The number of thiazole rings is 1. The largest absolute Gasteiger partial charge is 0.298 e. The van der Waals surface area contributed by atoms with Gasteiger partial charge in [-0.2, -0.15) is 0 Å². The Labute approximate surface area is 168 Å². The molecular formula is C18H13Cl2N3O3S. The third-order valence-electron chi connectivity index (χ3n) is 3.79. The molecule has 0 unspecified atom stereocenters. The number of nitro groups is 1. The molecule has 1 heterocycles. The molecule has 1 amide bonds. The molecule has 0 atom stereocenters. The highest BCUT2D eigenvalue weighted by molar-refractivity contribution is 7.15. The van der Waals surface area contributed by atoms with Gasteiger partial charge < -0.3 is 0 Å². The van der Waals surface area contributed by atoms with E-state index in [4.69, 9.17) is 23.2 Å². The number of non-ortho nitro benzene ring substituents is 1. The van der Waals surface area contributed by atoms with E-state index in [2.05, 4.69) is 10.3 Å². The highest BCUT2D eigenvalue weighted by Gasteiger charge is 2.17. The number of benzene rings is 2. The number of nitrogens with zero attached hydrogens (tertiary/aromatic N) is 2. The predicted octanol–water partition coefficient (Wildman–Crippen LogP) is 5.51. The molecule has 0 radical (unpaired) electrons. The van der Waals surface area contributed by atoms with Crippen molar-refractivity contribution in [3.63, 3.8) is 0 Å². The Hall–Kier alpha value is -2.48. The lowest BCUT2D eigenvalue weighted by atomic mass is 10.1. The van der Waals surface area contributed by atoms with Gasteiger partial charge in [0, 0.05) is 34.7 Å². The first kappa shape index (κ1) is 19.3. The maximum absolute atomic E-state index is 12.4. The number of nitrogens with one attached hydrogen (secondary N) is 1. The molecule has 3 aromatic rings. The molecule has 0 saturated carbocycles. The van der Waals surface area contributed by atoms with Crippen molar-refractivity contribution in [2.45, 2.75) is 13.3 Å². The van der Waals surface area contributed by atoms with Crippen LogP contribution in [0.5, 0.6) is 0 Å². The Balaban J connectivity index is 1.74. The summed E-state index contributed by atoms with van der Waals surface area (Å²) in [7, 11) is 0. The number of carbonyl (C=O) groups excluding carboxylic acids is 1. The van der Waals surface area contributed by atoms with Crippen LogP contribution in [0.1, 0.15) is 26.4 Å². The van der Waals surface area contributed by atoms with Crippen LogP contribution in [0.4, 0.5) is 10.8 Å². The van der Waals surface area contributed by atoms with Crippen LogP contribution in [0, 0.1) is 17.0 Å². The highest BCUT2D eigenvalue weighted by Crippen LogP contribution is 2.26. The summed E-state index contributed by atoms with van der Waals surface area (Å²) >= 11 is 13.4. The smallest absolute Gasteiger partial charge is 0.270 e. The number of carbonyl (C=O) groups is 1. The number of hydrogen-bond acceptors (Lipinski definition) is 5. The van der Waals surface area contributed by atoms with Gasteiger partial charge in [0.2, 0.25) is 0 Å². The van der Waals surface area contributed by atoms with Gasteiger partial charge in [0.1, 0.15) is 0 Å². The molecule has 0 aliphatic carbocycles. The van der Waals surface area contributed by atoms with Crippen LogP contribution < -0.4 is 5.32 Å². The van der Waals surface area contributed by atoms with Crippen LogP contribution in [0.2, 0.25) is 10.0 Å². The van der Waals surface area contributed by atoms with Gasteiger partial charge in [-0.15, -0.1) is 11.3 Å². The third kappa shape index (κ3) is 4.63. The third-order valence-corrected chi connectivity index (χ3v) is 5.44. The fraction of sp³-hybridized carbons (Fsp3) is 0.111.